The van der Waals surface area contributed by atoms with Crippen LogP contribution >= 0.6 is 0 Å². The predicted molar refractivity (Wildman–Crippen MR) is 128 cm³/mol. The number of rotatable bonds is 9. The molecule has 0 spiro atoms. The Morgan fingerprint density at radius 3 is 2.42 bits per heavy atom. The predicted octanol–water partition coefficient (Wildman–Crippen LogP) is 5.52. The summed E-state index contributed by atoms with van der Waals surface area (Å²) in [5.74, 6) is 0.618. The fraction of sp³-hybridized carbons (Fsp3) is 0.321. The summed E-state index contributed by atoms with van der Waals surface area (Å²) in [6.07, 6.45) is 1.93. The zero-order chi connectivity index (χ0) is 23.4. The molecule has 0 atom stereocenters. The van der Waals surface area contributed by atoms with Crippen LogP contribution in [0.3, 0.4) is 0 Å². The van der Waals surface area contributed by atoms with Gasteiger partial charge in [-0.2, -0.15) is 0 Å². The van der Waals surface area contributed by atoms with E-state index in [1.165, 1.54) is 11.1 Å². The Labute approximate surface area is 194 Å². The van der Waals surface area contributed by atoms with Gasteiger partial charge in [-0.15, -0.1) is 0 Å². The minimum Gasteiger partial charge on any atom is -0.496 e. The van der Waals surface area contributed by atoms with Crippen molar-refractivity contribution in [2.45, 2.75) is 45.8 Å². The minimum absolute atomic E-state index is 0.0394. The van der Waals surface area contributed by atoms with Gasteiger partial charge in [-0.25, -0.2) is 0 Å². The largest absolute Gasteiger partial charge is 0.496 e. The Bertz CT molecular complexity index is 1130. The van der Waals surface area contributed by atoms with Crippen LogP contribution in [0, 0.1) is 13.8 Å². The van der Waals surface area contributed by atoms with Crippen LogP contribution in [0.1, 0.15) is 34.2 Å². The summed E-state index contributed by atoms with van der Waals surface area (Å²) in [7, 11) is 1.69. The van der Waals surface area contributed by atoms with Gasteiger partial charge in [0.25, 0.3) is 0 Å². The number of hydrogen-bond acceptors (Lipinski definition) is 4. The summed E-state index contributed by atoms with van der Waals surface area (Å²) in [5, 5.41) is 8.90. The fourth-order valence-electron chi connectivity index (χ4n) is 4.36. The third kappa shape index (κ3) is 5.37. The highest BCUT2D eigenvalue weighted by Gasteiger charge is 2.22. The molecule has 4 rings (SSSR count). The molecule has 1 aliphatic rings. The van der Waals surface area contributed by atoms with Gasteiger partial charge < -0.3 is 19.3 Å². The van der Waals surface area contributed by atoms with Crippen molar-refractivity contribution >= 4 is 5.97 Å². The van der Waals surface area contributed by atoms with Gasteiger partial charge in [0.2, 0.25) is 0 Å². The van der Waals surface area contributed by atoms with Crippen LogP contribution in [0.2, 0.25) is 0 Å². The number of fused-ring (bicyclic) bond motifs is 1. The number of hydrogen-bond donors (Lipinski definition) is 1. The zero-order valence-corrected chi connectivity index (χ0v) is 19.4. The SMILES string of the molecule is COc1cc(-c2ccc(OCCC(=O)O)cc2COC2Cc3ccccc3C2)cc(C)c1C. The van der Waals surface area contributed by atoms with Crippen LogP contribution in [0.5, 0.6) is 11.5 Å². The maximum Gasteiger partial charge on any atom is 0.306 e. The van der Waals surface area contributed by atoms with Gasteiger partial charge in [0, 0.05) is 0 Å². The maximum absolute atomic E-state index is 10.8. The number of aryl methyl sites for hydroxylation is 1. The molecular weight excluding hydrogens is 416 g/mol. The van der Waals surface area contributed by atoms with Crippen LogP contribution in [-0.4, -0.2) is 30.9 Å². The zero-order valence-electron chi connectivity index (χ0n) is 19.4. The highest BCUT2D eigenvalue weighted by atomic mass is 16.5. The van der Waals surface area contributed by atoms with Gasteiger partial charge in [0.1, 0.15) is 11.5 Å². The normalized spacial score (nSPS) is 13.1. The van der Waals surface area contributed by atoms with Gasteiger partial charge in [0.15, 0.2) is 0 Å². The van der Waals surface area contributed by atoms with Gasteiger partial charge in [-0.3, -0.25) is 4.79 Å². The molecule has 3 aromatic rings. The van der Waals surface area contributed by atoms with E-state index in [0.717, 1.165) is 46.4 Å². The molecule has 0 amide bonds. The summed E-state index contributed by atoms with van der Waals surface area (Å²) in [4.78, 5) is 10.8. The Hall–Kier alpha value is -3.31. The number of benzene rings is 3. The molecule has 0 aliphatic heterocycles. The second-order valence-electron chi connectivity index (χ2n) is 8.54. The van der Waals surface area contributed by atoms with Crippen LogP contribution in [0.25, 0.3) is 11.1 Å². The molecule has 0 bridgehead atoms. The molecule has 0 unspecified atom stereocenters. The molecule has 0 saturated heterocycles. The van der Waals surface area contributed by atoms with Crippen molar-refractivity contribution in [3.8, 4) is 22.6 Å². The summed E-state index contributed by atoms with van der Waals surface area (Å²) < 4.78 is 17.7. The molecule has 5 nitrogen and oxygen atoms in total. The van der Waals surface area contributed by atoms with Crippen molar-refractivity contribution in [3.05, 3.63) is 82.4 Å². The molecule has 33 heavy (non-hydrogen) atoms. The molecule has 0 radical (unpaired) electrons. The number of carboxylic acids is 1. The van der Waals surface area contributed by atoms with Crippen molar-refractivity contribution in [2.75, 3.05) is 13.7 Å². The quantitative estimate of drug-likeness (QED) is 0.469. The first-order valence-electron chi connectivity index (χ1n) is 11.3. The first-order valence-corrected chi connectivity index (χ1v) is 11.3. The van der Waals surface area contributed by atoms with Crippen LogP contribution in [0.4, 0.5) is 0 Å². The van der Waals surface area contributed by atoms with Crippen molar-refractivity contribution in [3.63, 3.8) is 0 Å². The Morgan fingerprint density at radius 2 is 1.76 bits per heavy atom. The van der Waals surface area contributed by atoms with E-state index in [4.69, 9.17) is 19.3 Å². The highest BCUT2D eigenvalue weighted by molar-refractivity contribution is 5.71. The van der Waals surface area contributed by atoms with Gasteiger partial charge in [0.05, 0.1) is 32.8 Å². The topological polar surface area (TPSA) is 65.0 Å². The standard InChI is InChI=1S/C28H30O5/c1-18-12-22(16-27(31-3)19(18)2)26-9-8-24(32-11-10-28(29)30)15-23(26)17-33-25-13-20-6-4-5-7-21(20)14-25/h4-9,12,15-16,25H,10-11,13-14,17H2,1-3H3,(H,29,30). The fourth-order valence-corrected chi connectivity index (χ4v) is 4.36. The lowest BCUT2D eigenvalue weighted by molar-refractivity contribution is -0.137. The molecule has 3 aromatic carbocycles. The van der Waals surface area contributed by atoms with E-state index in [-0.39, 0.29) is 19.1 Å². The first kappa shape index (κ1) is 22.9. The average molecular weight is 447 g/mol. The molecule has 1 aliphatic carbocycles. The molecule has 0 aromatic heterocycles. The van der Waals surface area contributed by atoms with E-state index in [1.807, 2.05) is 18.2 Å². The lowest BCUT2D eigenvalue weighted by Gasteiger charge is -2.18. The lowest BCUT2D eigenvalue weighted by atomic mass is 9.96. The Balaban J connectivity index is 1.59. The Kier molecular flexibility index (Phi) is 6.99. The second-order valence-corrected chi connectivity index (χ2v) is 8.54. The molecule has 0 heterocycles. The third-order valence-electron chi connectivity index (χ3n) is 6.30. The number of aliphatic carboxylic acids is 1. The van der Waals surface area contributed by atoms with Gasteiger partial charge in [-0.1, -0.05) is 36.4 Å². The Morgan fingerprint density at radius 1 is 1.03 bits per heavy atom. The van der Waals surface area contributed by atoms with E-state index < -0.39 is 5.97 Å². The van der Waals surface area contributed by atoms with Gasteiger partial charge >= 0.3 is 5.97 Å². The first-order chi connectivity index (χ1) is 15.9. The maximum atomic E-state index is 10.8. The summed E-state index contributed by atoms with van der Waals surface area (Å²) in [6.45, 7) is 4.71. The summed E-state index contributed by atoms with van der Waals surface area (Å²) in [5.41, 5.74) is 8.10. The van der Waals surface area contributed by atoms with Crippen LogP contribution in [0.15, 0.2) is 54.6 Å². The number of carbonyl (C=O) groups is 1. The van der Waals surface area contributed by atoms with Crippen molar-refractivity contribution in [1.82, 2.24) is 0 Å². The lowest BCUT2D eigenvalue weighted by Crippen LogP contribution is -2.13. The van der Waals surface area contributed by atoms with Crippen molar-refractivity contribution in [1.29, 1.82) is 0 Å². The van der Waals surface area contributed by atoms with Gasteiger partial charge in [-0.05, 0) is 83.8 Å². The molecule has 5 heteroatoms. The van der Waals surface area contributed by atoms with Crippen LogP contribution in [-0.2, 0) is 29.0 Å². The minimum atomic E-state index is -0.877. The molecular formula is C28H30O5. The van der Waals surface area contributed by atoms with E-state index in [1.54, 1.807) is 7.11 Å². The molecule has 172 valence electrons. The van der Waals surface area contributed by atoms with Crippen molar-refractivity contribution < 1.29 is 24.1 Å². The number of ether oxygens (including phenoxy) is 3. The average Bonchev–Trinajstić information content (AvgIpc) is 3.22. The van der Waals surface area contributed by atoms with E-state index in [9.17, 15) is 4.79 Å². The summed E-state index contributed by atoms with van der Waals surface area (Å²) in [6, 6.07) is 18.6. The van der Waals surface area contributed by atoms with Crippen LogP contribution < -0.4 is 9.47 Å². The van der Waals surface area contributed by atoms with E-state index >= 15 is 0 Å². The number of carboxylic acid groups (broad SMARTS) is 1. The van der Waals surface area contributed by atoms with Crippen molar-refractivity contribution in [2.24, 2.45) is 0 Å². The monoisotopic (exact) mass is 446 g/mol. The second kappa shape index (κ2) is 10.1. The number of methoxy groups -OCH3 is 1. The third-order valence-corrected chi connectivity index (χ3v) is 6.30. The molecule has 0 saturated carbocycles. The molecule has 0 fully saturated rings. The van der Waals surface area contributed by atoms with E-state index in [2.05, 4.69) is 50.2 Å². The molecule has 1 N–H and O–H groups in total. The highest BCUT2D eigenvalue weighted by Crippen LogP contribution is 2.34. The van der Waals surface area contributed by atoms with E-state index in [0.29, 0.717) is 12.4 Å². The summed E-state index contributed by atoms with van der Waals surface area (Å²) >= 11 is 0. The smallest absolute Gasteiger partial charge is 0.306 e.